The van der Waals surface area contributed by atoms with Gasteiger partial charge in [0.2, 0.25) is 0 Å². The van der Waals surface area contributed by atoms with Crippen LogP contribution in [0.25, 0.3) is 0 Å². The average molecular weight is 277 g/mol. The maximum atomic E-state index is 11.9. The van der Waals surface area contributed by atoms with E-state index in [0.29, 0.717) is 0 Å². The summed E-state index contributed by atoms with van der Waals surface area (Å²) >= 11 is 0. The second-order valence-corrected chi connectivity index (χ2v) is 8.07. The van der Waals surface area contributed by atoms with E-state index in [0.717, 1.165) is 38.5 Å². The fourth-order valence-corrected chi connectivity index (χ4v) is 3.27. The monoisotopic (exact) mass is 277 g/mol. The molecule has 0 amide bonds. The van der Waals surface area contributed by atoms with Crippen LogP contribution in [0.2, 0.25) is 0 Å². The maximum absolute atomic E-state index is 11.9. The Morgan fingerprint density at radius 3 is 1.61 bits per heavy atom. The van der Waals surface area contributed by atoms with Gasteiger partial charge in [0, 0.05) is 0 Å². The van der Waals surface area contributed by atoms with E-state index in [9.17, 15) is 9.46 Å². The molecule has 0 heterocycles. The lowest BCUT2D eigenvalue weighted by molar-refractivity contribution is 0.383. The fourth-order valence-electron chi connectivity index (χ4n) is 2.31. The summed E-state index contributed by atoms with van der Waals surface area (Å²) in [6, 6.07) is 0. The van der Waals surface area contributed by atoms with E-state index in [1.165, 1.54) is 25.7 Å². The molecule has 0 saturated heterocycles. The van der Waals surface area contributed by atoms with E-state index >= 15 is 0 Å². The van der Waals surface area contributed by atoms with Crippen LogP contribution in [-0.4, -0.2) is 10.0 Å². The van der Waals surface area contributed by atoms with Gasteiger partial charge in [-0.1, -0.05) is 65.2 Å². The van der Waals surface area contributed by atoms with Crippen molar-refractivity contribution in [2.45, 2.75) is 90.1 Å². The Bertz CT molecular complexity index is 238. The molecule has 0 aliphatic rings. The molecule has 0 aliphatic carbocycles. The summed E-state index contributed by atoms with van der Waals surface area (Å²) in [6.45, 7) is 6.24. The highest BCUT2D eigenvalue weighted by molar-refractivity contribution is 7.57. The molecule has 1 unspecified atom stereocenters. The molecule has 0 aliphatic heterocycles. The zero-order chi connectivity index (χ0) is 14.1. The lowest BCUT2D eigenvalue weighted by Crippen LogP contribution is -2.28. The van der Waals surface area contributed by atoms with E-state index in [-0.39, 0.29) is 0 Å². The second kappa shape index (κ2) is 9.12. The van der Waals surface area contributed by atoms with Gasteiger partial charge >= 0.3 is 0 Å². The van der Waals surface area contributed by atoms with Crippen molar-refractivity contribution in [3.05, 3.63) is 0 Å². The SMILES string of the molecule is CCCCCCC(C)(CCCCCC)P(N)(=O)O. The van der Waals surface area contributed by atoms with Gasteiger partial charge in [-0.2, -0.15) is 0 Å². The van der Waals surface area contributed by atoms with Crippen LogP contribution in [0.15, 0.2) is 0 Å². The maximum Gasteiger partial charge on any atom is 0.270 e. The van der Waals surface area contributed by atoms with Crippen molar-refractivity contribution < 1.29 is 9.46 Å². The molecule has 18 heavy (non-hydrogen) atoms. The topological polar surface area (TPSA) is 63.3 Å². The number of hydrogen-bond donors (Lipinski definition) is 2. The summed E-state index contributed by atoms with van der Waals surface area (Å²) < 4.78 is 11.9. The smallest absolute Gasteiger partial charge is 0.270 e. The van der Waals surface area contributed by atoms with Crippen LogP contribution in [0, 0.1) is 0 Å². The third-order valence-electron chi connectivity index (χ3n) is 3.91. The molecule has 0 rings (SSSR count). The van der Waals surface area contributed by atoms with E-state index in [1.807, 2.05) is 6.92 Å². The molecular weight excluding hydrogens is 245 g/mol. The minimum absolute atomic E-state index is 0.575. The lowest BCUT2D eigenvalue weighted by Gasteiger charge is -2.31. The zero-order valence-electron chi connectivity index (χ0n) is 12.5. The van der Waals surface area contributed by atoms with Crippen LogP contribution >= 0.6 is 7.52 Å². The Labute approximate surface area is 113 Å². The van der Waals surface area contributed by atoms with Gasteiger partial charge in [-0.05, 0) is 19.8 Å². The quantitative estimate of drug-likeness (QED) is 0.420. The van der Waals surface area contributed by atoms with Crippen molar-refractivity contribution >= 4 is 7.52 Å². The van der Waals surface area contributed by atoms with Crippen molar-refractivity contribution in [1.82, 2.24) is 0 Å². The van der Waals surface area contributed by atoms with E-state index in [1.54, 1.807) is 0 Å². The van der Waals surface area contributed by atoms with Crippen molar-refractivity contribution in [3.8, 4) is 0 Å². The molecule has 3 N–H and O–H groups in total. The molecule has 0 radical (unpaired) electrons. The summed E-state index contributed by atoms with van der Waals surface area (Å²) in [7, 11) is -3.49. The minimum atomic E-state index is -3.49. The first-order valence-corrected chi connectivity index (χ1v) is 9.21. The Morgan fingerprint density at radius 1 is 0.944 bits per heavy atom. The number of hydrogen-bond acceptors (Lipinski definition) is 1. The van der Waals surface area contributed by atoms with Gasteiger partial charge in [0.15, 0.2) is 0 Å². The van der Waals surface area contributed by atoms with Crippen LogP contribution < -0.4 is 5.50 Å². The van der Waals surface area contributed by atoms with Crippen LogP contribution in [-0.2, 0) is 4.57 Å². The number of unbranched alkanes of at least 4 members (excludes halogenated alkanes) is 6. The summed E-state index contributed by atoms with van der Waals surface area (Å²) in [5.74, 6) is 0. The third-order valence-corrected chi connectivity index (χ3v) is 5.91. The highest BCUT2D eigenvalue weighted by Crippen LogP contribution is 2.52. The van der Waals surface area contributed by atoms with Gasteiger partial charge in [0.05, 0.1) is 5.16 Å². The van der Waals surface area contributed by atoms with E-state index in [2.05, 4.69) is 13.8 Å². The summed E-state index contributed by atoms with van der Waals surface area (Å²) in [4.78, 5) is 9.78. The van der Waals surface area contributed by atoms with Crippen molar-refractivity contribution in [2.75, 3.05) is 0 Å². The molecule has 0 bridgehead atoms. The van der Waals surface area contributed by atoms with Gasteiger partial charge in [-0.15, -0.1) is 0 Å². The molecule has 0 spiro atoms. The first-order valence-electron chi connectivity index (χ1n) is 7.49. The predicted octanol–water partition coefficient (Wildman–Crippen LogP) is 4.83. The van der Waals surface area contributed by atoms with E-state index in [4.69, 9.17) is 5.50 Å². The summed E-state index contributed by atoms with van der Waals surface area (Å²) in [6.07, 6.45) is 10.6. The average Bonchev–Trinajstić information content (AvgIpc) is 2.29. The summed E-state index contributed by atoms with van der Waals surface area (Å²) in [5.41, 5.74) is 5.55. The van der Waals surface area contributed by atoms with Gasteiger partial charge in [0.1, 0.15) is 0 Å². The Hall–Kier alpha value is 0.150. The van der Waals surface area contributed by atoms with Gasteiger partial charge < -0.3 is 4.89 Å². The van der Waals surface area contributed by atoms with Crippen LogP contribution in [0.5, 0.6) is 0 Å². The van der Waals surface area contributed by atoms with Crippen molar-refractivity contribution in [3.63, 3.8) is 0 Å². The molecule has 0 fully saturated rings. The Kier molecular flexibility index (Phi) is 9.19. The standard InChI is InChI=1S/C14H32NO2P/c1-4-6-8-10-12-14(3,18(15,16)17)13-11-9-7-5-2/h4-13H2,1-3H3,(H3,15,16,17). The number of rotatable bonds is 11. The Balaban J connectivity index is 4.22. The van der Waals surface area contributed by atoms with Gasteiger partial charge in [-0.3, -0.25) is 10.1 Å². The molecular formula is C14H32NO2P. The van der Waals surface area contributed by atoms with Crippen LogP contribution in [0.1, 0.15) is 85.0 Å². The van der Waals surface area contributed by atoms with E-state index < -0.39 is 12.7 Å². The van der Waals surface area contributed by atoms with Crippen LogP contribution in [0.3, 0.4) is 0 Å². The van der Waals surface area contributed by atoms with Gasteiger partial charge in [0.25, 0.3) is 7.52 Å². The predicted molar refractivity (Wildman–Crippen MR) is 79.9 cm³/mol. The molecule has 110 valence electrons. The molecule has 3 nitrogen and oxygen atoms in total. The minimum Gasteiger partial charge on any atom is -0.333 e. The molecule has 1 atom stereocenters. The molecule has 0 saturated carbocycles. The third kappa shape index (κ3) is 6.92. The van der Waals surface area contributed by atoms with Crippen molar-refractivity contribution in [1.29, 1.82) is 0 Å². The first-order chi connectivity index (χ1) is 8.37. The normalized spacial score (nSPS) is 15.6. The second-order valence-electron chi connectivity index (χ2n) is 5.74. The molecule has 0 aromatic rings. The van der Waals surface area contributed by atoms with Crippen molar-refractivity contribution in [2.24, 2.45) is 5.50 Å². The molecule has 0 aromatic heterocycles. The highest BCUT2D eigenvalue weighted by Gasteiger charge is 2.39. The molecule has 0 aromatic carbocycles. The molecule has 4 heteroatoms. The summed E-state index contributed by atoms with van der Waals surface area (Å²) in [5, 5.41) is -0.575. The number of nitrogens with two attached hydrogens (primary N) is 1. The largest absolute Gasteiger partial charge is 0.333 e. The lowest BCUT2D eigenvalue weighted by atomic mass is 9.95. The van der Waals surface area contributed by atoms with Gasteiger partial charge in [-0.25, -0.2) is 0 Å². The van der Waals surface area contributed by atoms with Crippen LogP contribution in [0.4, 0.5) is 0 Å². The Morgan fingerprint density at radius 2 is 1.33 bits per heavy atom. The highest BCUT2D eigenvalue weighted by atomic mass is 31.2. The fraction of sp³-hybridized carbons (Fsp3) is 1.00. The first kappa shape index (κ1) is 18.1. The zero-order valence-corrected chi connectivity index (χ0v) is 13.3.